The fourth-order valence-electron chi connectivity index (χ4n) is 8.33. The molecule has 1 nitrogen and oxygen atoms in total. The Morgan fingerprint density at radius 2 is 1.04 bits per heavy atom. The fraction of sp³-hybridized carbons (Fsp3) is 0.0612. The van der Waals surface area contributed by atoms with Crippen LogP contribution < -0.4 is 4.90 Å². The zero-order chi connectivity index (χ0) is 34.1. The van der Waals surface area contributed by atoms with Gasteiger partial charge in [-0.25, -0.2) is 0 Å². The molecular formula is C49H35NS. The van der Waals surface area contributed by atoms with Crippen LogP contribution in [0.2, 0.25) is 0 Å². The maximum Gasteiger partial charge on any atom is 0.0540 e. The molecule has 8 aromatic carbocycles. The van der Waals surface area contributed by atoms with Gasteiger partial charge in [0.1, 0.15) is 0 Å². The Balaban J connectivity index is 1.13. The summed E-state index contributed by atoms with van der Waals surface area (Å²) in [6.45, 7) is 4.71. The topological polar surface area (TPSA) is 3.24 Å². The van der Waals surface area contributed by atoms with Crippen LogP contribution in [0.4, 0.5) is 17.1 Å². The van der Waals surface area contributed by atoms with Crippen LogP contribution in [-0.4, -0.2) is 0 Å². The first kappa shape index (κ1) is 29.9. The van der Waals surface area contributed by atoms with Gasteiger partial charge in [0, 0.05) is 42.5 Å². The highest BCUT2D eigenvalue weighted by atomic mass is 32.1. The predicted octanol–water partition coefficient (Wildman–Crippen LogP) is 14.3. The summed E-state index contributed by atoms with van der Waals surface area (Å²) < 4.78 is 2.70. The molecule has 0 fully saturated rings. The van der Waals surface area contributed by atoms with Gasteiger partial charge in [0.2, 0.25) is 0 Å². The summed E-state index contributed by atoms with van der Waals surface area (Å²) in [7, 11) is 0. The maximum atomic E-state index is 2.44. The van der Waals surface area contributed by atoms with Gasteiger partial charge in [0.05, 0.1) is 5.69 Å². The van der Waals surface area contributed by atoms with Crippen LogP contribution in [0.3, 0.4) is 0 Å². The molecule has 0 spiro atoms. The van der Waals surface area contributed by atoms with E-state index < -0.39 is 0 Å². The highest BCUT2D eigenvalue weighted by Gasteiger charge is 2.35. The van der Waals surface area contributed by atoms with Crippen molar-refractivity contribution in [1.29, 1.82) is 0 Å². The molecule has 9 aromatic rings. The molecule has 1 aliphatic carbocycles. The van der Waals surface area contributed by atoms with Crippen LogP contribution in [0.15, 0.2) is 176 Å². The zero-order valence-corrected chi connectivity index (χ0v) is 29.4. The fourth-order valence-corrected chi connectivity index (χ4v) is 9.70. The number of hydrogen-bond acceptors (Lipinski definition) is 2. The van der Waals surface area contributed by atoms with Crippen LogP contribution in [0.25, 0.3) is 64.3 Å². The lowest BCUT2D eigenvalue weighted by atomic mass is 9.82. The third kappa shape index (κ3) is 4.67. The molecule has 0 atom stereocenters. The minimum absolute atomic E-state index is 0.0926. The molecule has 0 amide bonds. The Morgan fingerprint density at radius 1 is 0.412 bits per heavy atom. The van der Waals surface area contributed by atoms with E-state index in [0.717, 1.165) is 17.1 Å². The molecule has 0 unspecified atom stereocenters. The number of fused-ring (bicyclic) bond motifs is 8. The summed E-state index contributed by atoms with van der Waals surface area (Å²) >= 11 is 1.91. The molecule has 0 saturated carbocycles. The van der Waals surface area contributed by atoms with Crippen molar-refractivity contribution < 1.29 is 0 Å². The summed E-state index contributed by atoms with van der Waals surface area (Å²) in [6, 6.07) is 64.7. The first-order chi connectivity index (χ1) is 25.1. The van der Waals surface area contributed by atoms with E-state index in [2.05, 4.69) is 195 Å². The Hall–Kier alpha value is -5.96. The summed E-state index contributed by atoms with van der Waals surface area (Å²) in [6.07, 6.45) is 0. The van der Waals surface area contributed by atoms with Crippen molar-refractivity contribution in [3.05, 3.63) is 187 Å². The van der Waals surface area contributed by atoms with Crippen molar-refractivity contribution in [2.75, 3.05) is 4.90 Å². The van der Waals surface area contributed by atoms with E-state index >= 15 is 0 Å². The van der Waals surface area contributed by atoms with Gasteiger partial charge in [-0.1, -0.05) is 159 Å². The van der Waals surface area contributed by atoms with E-state index in [-0.39, 0.29) is 5.41 Å². The molecule has 51 heavy (non-hydrogen) atoms. The highest BCUT2D eigenvalue weighted by Crippen LogP contribution is 2.51. The largest absolute Gasteiger partial charge is 0.310 e. The SMILES string of the molecule is CC1(C)c2ccccc2-c2ccc(N(c3ccc(-c4cccc5c4sc4c6ccccc6ccc54)cc3)c3ccccc3-c3ccccc3)cc21. The van der Waals surface area contributed by atoms with Gasteiger partial charge in [0.15, 0.2) is 0 Å². The van der Waals surface area contributed by atoms with Gasteiger partial charge < -0.3 is 4.90 Å². The number of para-hydroxylation sites is 1. The van der Waals surface area contributed by atoms with Gasteiger partial charge >= 0.3 is 0 Å². The standard InChI is InChI=1S/C49H35NS/c1-49(2)44-21-10-8-18-40(44)41-30-28-36(31-45(41)49)50(46-22-11-9-16-37(46)32-13-4-3-5-14-32)35-26-23-34(24-27-35)39-19-12-20-42-43-29-25-33-15-6-7-17-38(33)48(43)51-47(39)42/h3-31H,1-2H3. The summed E-state index contributed by atoms with van der Waals surface area (Å²) in [4.78, 5) is 2.44. The monoisotopic (exact) mass is 669 g/mol. The van der Waals surface area contributed by atoms with E-state index in [4.69, 9.17) is 0 Å². The van der Waals surface area contributed by atoms with Gasteiger partial charge in [-0.2, -0.15) is 0 Å². The smallest absolute Gasteiger partial charge is 0.0540 e. The third-order valence-corrected chi connectivity index (χ3v) is 12.2. The zero-order valence-electron chi connectivity index (χ0n) is 28.6. The minimum atomic E-state index is -0.0926. The average molecular weight is 670 g/mol. The third-order valence-electron chi connectivity index (χ3n) is 10.9. The maximum absolute atomic E-state index is 2.44. The number of hydrogen-bond donors (Lipinski definition) is 0. The highest BCUT2D eigenvalue weighted by molar-refractivity contribution is 7.27. The van der Waals surface area contributed by atoms with Gasteiger partial charge in [0.25, 0.3) is 0 Å². The summed E-state index contributed by atoms with van der Waals surface area (Å²) in [5.41, 5.74) is 13.7. The molecule has 0 aliphatic heterocycles. The Kier molecular flexibility index (Phi) is 6.78. The molecule has 242 valence electrons. The van der Waals surface area contributed by atoms with E-state index in [1.54, 1.807) is 0 Å². The number of nitrogens with zero attached hydrogens (tertiary/aromatic N) is 1. The van der Waals surface area contributed by atoms with Crippen LogP contribution in [0, 0.1) is 0 Å². The van der Waals surface area contributed by atoms with E-state index in [1.165, 1.54) is 75.5 Å². The van der Waals surface area contributed by atoms with Crippen LogP contribution in [-0.2, 0) is 5.41 Å². The van der Waals surface area contributed by atoms with E-state index in [1.807, 2.05) is 11.3 Å². The summed E-state index contributed by atoms with van der Waals surface area (Å²) in [5, 5.41) is 5.27. The van der Waals surface area contributed by atoms with Crippen molar-refractivity contribution in [3.8, 4) is 33.4 Å². The number of anilines is 3. The molecule has 1 aliphatic rings. The number of benzene rings is 8. The lowest BCUT2D eigenvalue weighted by Gasteiger charge is -2.30. The Labute approximate surface area is 302 Å². The second-order valence-corrected chi connectivity index (χ2v) is 15.1. The molecule has 10 rings (SSSR count). The Bertz CT molecular complexity index is 2770. The van der Waals surface area contributed by atoms with Gasteiger partial charge in [-0.15, -0.1) is 11.3 Å². The second kappa shape index (κ2) is 11.6. The molecular weight excluding hydrogens is 635 g/mol. The summed E-state index contributed by atoms with van der Waals surface area (Å²) in [5.74, 6) is 0. The lowest BCUT2D eigenvalue weighted by Crippen LogP contribution is -2.16. The molecule has 0 radical (unpaired) electrons. The molecule has 1 heterocycles. The quantitative estimate of drug-likeness (QED) is 0.176. The first-order valence-electron chi connectivity index (χ1n) is 17.7. The van der Waals surface area contributed by atoms with Crippen molar-refractivity contribution >= 4 is 59.3 Å². The van der Waals surface area contributed by atoms with Crippen LogP contribution in [0.1, 0.15) is 25.0 Å². The van der Waals surface area contributed by atoms with Crippen molar-refractivity contribution in [3.63, 3.8) is 0 Å². The predicted molar refractivity (Wildman–Crippen MR) is 220 cm³/mol. The normalized spacial score (nSPS) is 13.1. The molecule has 0 bridgehead atoms. The molecule has 0 saturated heterocycles. The van der Waals surface area contributed by atoms with Crippen molar-refractivity contribution in [2.24, 2.45) is 0 Å². The average Bonchev–Trinajstić information content (AvgIpc) is 3.68. The van der Waals surface area contributed by atoms with E-state index in [9.17, 15) is 0 Å². The number of rotatable bonds is 5. The molecule has 1 aromatic heterocycles. The lowest BCUT2D eigenvalue weighted by molar-refractivity contribution is 0.660. The second-order valence-electron chi connectivity index (χ2n) is 14.1. The van der Waals surface area contributed by atoms with Gasteiger partial charge in [-0.3, -0.25) is 0 Å². The Morgan fingerprint density at radius 3 is 1.90 bits per heavy atom. The van der Waals surface area contributed by atoms with Crippen molar-refractivity contribution in [1.82, 2.24) is 0 Å². The molecule has 0 N–H and O–H groups in total. The van der Waals surface area contributed by atoms with Gasteiger partial charge in [-0.05, 0) is 80.0 Å². The van der Waals surface area contributed by atoms with Crippen LogP contribution in [0.5, 0.6) is 0 Å². The number of thiophene rings is 1. The van der Waals surface area contributed by atoms with E-state index in [0.29, 0.717) is 0 Å². The first-order valence-corrected chi connectivity index (χ1v) is 18.5. The minimum Gasteiger partial charge on any atom is -0.310 e. The van der Waals surface area contributed by atoms with Crippen molar-refractivity contribution in [2.45, 2.75) is 19.3 Å². The van der Waals surface area contributed by atoms with Crippen LogP contribution >= 0.6 is 11.3 Å². The molecule has 2 heteroatoms.